The van der Waals surface area contributed by atoms with Crippen LogP contribution in [0.4, 0.5) is 5.69 Å². The van der Waals surface area contributed by atoms with Gasteiger partial charge in [0.2, 0.25) is 0 Å². The van der Waals surface area contributed by atoms with Gasteiger partial charge in [0.1, 0.15) is 6.10 Å². The molecular weight excluding hydrogens is 348 g/mol. The highest BCUT2D eigenvalue weighted by Crippen LogP contribution is 2.41. The number of benzene rings is 2. The molecule has 6 heteroatoms. The van der Waals surface area contributed by atoms with Crippen LogP contribution < -0.4 is 4.31 Å². The van der Waals surface area contributed by atoms with E-state index in [9.17, 15) is 8.42 Å². The number of hydrogen-bond acceptors (Lipinski definition) is 4. The maximum atomic E-state index is 13.1. The second kappa shape index (κ2) is 7.02. The zero-order valence-corrected chi connectivity index (χ0v) is 15.8. The lowest BCUT2D eigenvalue weighted by Crippen LogP contribution is -2.26. The number of sulfonamides is 1. The number of ether oxygens (including phenoxy) is 1. The molecule has 2 aliphatic heterocycles. The van der Waals surface area contributed by atoms with Crippen molar-refractivity contribution in [2.75, 3.05) is 37.6 Å². The van der Waals surface area contributed by atoms with Crippen molar-refractivity contribution in [2.24, 2.45) is 0 Å². The highest BCUT2D eigenvalue weighted by Gasteiger charge is 2.35. The average Bonchev–Trinajstić information content (AvgIpc) is 3.16. The predicted molar refractivity (Wildman–Crippen MR) is 102 cm³/mol. The van der Waals surface area contributed by atoms with Crippen LogP contribution >= 0.6 is 0 Å². The Labute approximate surface area is 155 Å². The Morgan fingerprint density at radius 1 is 1.00 bits per heavy atom. The highest BCUT2D eigenvalue weighted by molar-refractivity contribution is 7.92. The predicted octanol–water partition coefficient (Wildman–Crippen LogP) is 3.03. The van der Waals surface area contributed by atoms with Crippen molar-refractivity contribution >= 4 is 15.7 Å². The molecule has 0 aromatic heterocycles. The molecule has 2 aliphatic rings. The van der Waals surface area contributed by atoms with Crippen LogP contribution in [0, 0.1) is 0 Å². The van der Waals surface area contributed by atoms with Crippen molar-refractivity contribution in [3.63, 3.8) is 0 Å². The standard InChI is InChI=1S/C20H24N2O3S/c1-21-18-10-4-2-8-16(18)20(25-15-14-22-12-6-7-13-22)17-9-3-5-11-19(17)26(21,23)24/h2-5,8-11,20H,6-7,12-15H2,1H3. The topological polar surface area (TPSA) is 49.9 Å². The molecule has 1 unspecified atom stereocenters. The largest absolute Gasteiger partial charge is 0.367 e. The Balaban J connectivity index is 1.73. The van der Waals surface area contributed by atoms with Gasteiger partial charge in [-0.2, -0.15) is 0 Å². The van der Waals surface area contributed by atoms with Crippen LogP contribution in [0.2, 0.25) is 0 Å². The first-order valence-electron chi connectivity index (χ1n) is 9.10. The number of fused-ring (bicyclic) bond motifs is 2. The molecule has 0 aliphatic carbocycles. The number of rotatable bonds is 4. The van der Waals surface area contributed by atoms with Crippen LogP contribution in [-0.2, 0) is 14.8 Å². The number of hydrogen-bond donors (Lipinski definition) is 0. The Kier molecular flexibility index (Phi) is 4.73. The lowest BCUT2D eigenvalue weighted by molar-refractivity contribution is 0.0634. The van der Waals surface area contributed by atoms with Crippen molar-refractivity contribution in [2.45, 2.75) is 23.8 Å². The maximum absolute atomic E-state index is 13.1. The summed E-state index contributed by atoms with van der Waals surface area (Å²) in [6.45, 7) is 3.71. The SMILES string of the molecule is CN1c2ccccc2C(OCCN2CCCC2)c2ccccc2S1(=O)=O. The monoisotopic (exact) mass is 372 g/mol. The van der Waals surface area contributed by atoms with Gasteiger partial charge in [-0.3, -0.25) is 4.31 Å². The molecule has 1 saturated heterocycles. The van der Waals surface area contributed by atoms with E-state index in [1.165, 1.54) is 17.1 Å². The van der Waals surface area contributed by atoms with E-state index >= 15 is 0 Å². The summed E-state index contributed by atoms with van der Waals surface area (Å²) in [5.74, 6) is 0. The molecule has 0 bridgehead atoms. The minimum Gasteiger partial charge on any atom is -0.367 e. The first kappa shape index (κ1) is 17.5. The maximum Gasteiger partial charge on any atom is 0.264 e. The van der Waals surface area contributed by atoms with Gasteiger partial charge in [0.05, 0.1) is 17.2 Å². The fourth-order valence-electron chi connectivity index (χ4n) is 3.86. The fourth-order valence-corrected chi connectivity index (χ4v) is 5.30. The van der Waals surface area contributed by atoms with Crippen LogP contribution in [0.1, 0.15) is 30.1 Å². The van der Waals surface area contributed by atoms with E-state index in [4.69, 9.17) is 4.74 Å². The molecule has 0 N–H and O–H groups in total. The smallest absolute Gasteiger partial charge is 0.264 e. The van der Waals surface area contributed by atoms with Gasteiger partial charge < -0.3 is 9.64 Å². The number of para-hydroxylation sites is 1. The van der Waals surface area contributed by atoms with Gasteiger partial charge in [0.25, 0.3) is 10.0 Å². The molecule has 1 fully saturated rings. The molecule has 0 spiro atoms. The summed E-state index contributed by atoms with van der Waals surface area (Å²) in [5, 5.41) is 0. The zero-order chi connectivity index (χ0) is 18.1. The van der Waals surface area contributed by atoms with E-state index in [0.717, 1.165) is 25.2 Å². The second-order valence-electron chi connectivity index (χ2n) is 6.87. The minimum atomic E-state index is -3.60. The summed E-state index contributed by atoms with van der Waals surface area (Å²) in [4.78, 5) is 2.72. The molecule has 0 amide bonds. The summed E-state index contributed by atoms with van der Waals surface area (Å²) < 4.78 is 33.8. The molecular formula is C20H24N2O3S. The number of likely N-dealkylation sites (tertiary alicyclic amines) is 1. The van der Waals surface area contributed by atoms with E-state index in [1.54, 1.807) is 19.2 Å². The third-order valence-electron chi connectivity index (χ3n) is 5.29. The van der Waals surface area contributed by atoms with Crippen LogP contribution in [-0.4, -0.2) is 46.6 Å². The zero-order valence-electron chi connectivity index (χ0n) is 15.0. The van der Waals surface area contributed by atoms with E-state index in [1.807, 2.05) is 36.4 Å². The number of nitrogens with zero attached hydrogens (tertiary/aromatic N) is 2. The Morgan fingerprint density at radius 2 is 1.65 bits per heavy atom. The Bertz CT molecular complexity index is 891. The van der Waals surface area contributed by atoms with E-state index in [0.29, 0.717) is 22.8 Å². The minimum absolute atomic E-state index is 0.324. The van der Waals surface area contributed by atoms with Gasteiger partial charge in [-0.05, 0) is 38.1 Å². The molecule has 1 atom stereocenters. The van der Waals surface area contributed by atoms with Crippen molar-refractivity contribution < 1.29 is 13.2 Å². The summed E-state index contributed by atoms with van der Waals surface area (Å²) >= 11 is 0. The van der Waals surface area contributed by atoms with Crippen molar-refractivity contribution in [3.8, 4) is 0 Å². The molecule has 26 heavy (non-hydrogen) atoms. The Hall–Kier alpha value is -1.89. The van der Waals surface area contributed by atoms with Gasteiger partial charge in [-0.15, -0.1) is 0 Å². The second-order valence-corrected chi connectivity index (χ2v) is 8.81. The fraction of sp³-hybridized carbons (Fsp3) is 0.400. The Morgan fingerprint density at radius 3 is 2.42 bits per heavy atom. The molecule has 0 saturated carbocycles. The van der Waals surface area contributed by atoms with Crippen LogP contribution in [0.15, 0.2) is 53.4 Å². The molecule has 2 heterocycles. The summed E-state index contributed by atoms with van der Waals surface area (Å²) in [6, 6.07) is 14.8. The molecule has 4 rings (SSSR count). The molecule has 138 valence electrons. The normalized spacial score (nSPS) is 21.9. The highest BCUT2D eigenvalue weighted by atomic mass is 32.2. The molecule has 5 nitrogen and oxygen atoms in total. The van der Waals surface area contributed by atoms with Gasteiger partial charge in [0, 0.05) is 24.7 Å². The average molecular weight is 372 g/mol. The quantitative estimate of drug-likeness (QED) is 0.828. The molecule has 2 aromatic carbocycles. The number of anilines is 1. The van der Waals surface area contributed by atoms with Crippen molar-refractivity contribution in [3.05, 3.63) is 59.7 Å². The van der Waals surface area contributed by atoms with E-state index in [2.05, 4.69) is 4.90 Å². The van der Waals surface area contributed by atoms with Crippen LogP contribution in [0.5, 0.6) is 0 Å². The first-order valence-corrected chi connectivity index (χ1v) is 10.5. The third-order valence-corrected chi connectivity index (χ3v) is 7.13. The summed E-state index contributed by atoms with van der Waals surface area (Å²) in [7, 11) is -1.99. The van der Waals surface area contributed by atoms with Gasteiger partial charge in [0.15, 0.2) is 0 Å². The lowest BCUT2D eigenvalue weighted by Gasteiger charge is -2.22. The lowest BCUT2D eigenvalue weighted by atomic mass is 9.99. The van der Waals surface area contributed by atoms with Crippen molar-refractivity contribution in [1.82, 2.24) is 4.90 Å². The summed E-state index contributed by atoms with van der Waals surface area (Å²) in [5.41, 5.74) is 2.28. The van der Waals surface area contributed by atoms with E-state index < -0.39 is 10.0 Å². The van der Waals surface area contributed by atoms with Crippen LogP contribution in [0.3, 0.4) is 0 Å². The van der Waals surface area contributed by atoms with E-state index in [-0.39, 0.29) is 6.10 Å². The van der Waals surface area contributed by atoms with Gasteiger partial charge >= 0.3 is 0 Å². The van der Waals surface area contributed by atoms with Crippen LogP contribution in [0.25, 0.3) is 0 Å². The molecule has 2 aromatic rings. The summed E-state index contributed by atoms with van der Waals surface area (Å²) in [6.07, 6.45) is 2.11. The first-order chi connectivity index (χ1) is 12.6. The third kappa shape index (κ3) is 3.02. The van der Waals surface area contributed by atoms with Gasteiger partial charge in [-0.1, -0.05) is 36.4 Å². The van der Waals surface area contributed by atoms with Crippen molar-refractivity contribution in [1.29, 1.82) is 0 Å². The van der Waals surface area contributed by atoms with Gasteiger partial charge in [-0.25, -0.2) is 8.42 Å². The molecule has 0 radical (unpaired) electrons.